The Morgan fingerprint density at radius 1 is 1.42 bits per heavy atom. The number of rotatable bonds is 7. The molecule has 1 aromatic carbocycles. The summed E-state index contributed by atoms with van der Waals surface area (Å²) in [4.78, 5) is 4.06. The third kappa shape index (κ3) is 4.10. The molecule has 4 nitrogen and oxygen atoms in total. The number of methoxy groups -OCH3 is 1. The number of aromatic nitrogens is 2. The molecule has 4 heteroatoms. The number of hydrogen-bond acceptors (Lipinski definition) is 3. The first-order valence-corrected chi connectivity index (χ1v) is 6.62. The summed E-state index contributed by atoms with van der Waals surface area (Å²) >= 11 is 0. The molecule has 1 unspecified atom stereocenters. The molecule has 1 heterocycles. The van der Waals surface area contributed by atoms with Crippen LogP contribution in [0, 0.1) is 0 Å². The molecule has 1 N–H and O–H groups in total. The summed E-state index contributed by atoms with van der Waals surface area (Å²) < 4.78 is 7.27. The molecule has 1 aromatic heterocycles. The number of ether oxygens (including phenoxy) is 1. The average molecular weight is 259 g/mol. The van der Waals surface area contributed by atoms with E-state index < -0.39 is 0 Å². The van der Waals surface area contributed by atoms with Gasteiger partial charge in [-0.05, 0) is 24.1 Å². The molecule has 2 aromatic rings. The molecule has 1 atom stereocenters. The summed E-state index contributed by atoms with van der Waals surface area (Å²) in [5.41, 5.74) is 2.40. The Bertz CT molecular complexity index is 482. The van der Waals surface area contributed by atoms with Crippen LogP contribution in [-0.2, 0) is 11.3 Å². The van der Waals surface area contributed by atoms with E-state index in [4.69, 9.17) is 4.74 Å². The molecule has 0 fully saturated rings. The average Bonchev–Trinajstić information content (AvgIpc) is 2.91. The summed E-state index contributed by atoms with van der Waals surface area (Å²) in [6.07, 6.45) is 6.65. The first-order valence-electron chi connectivity index (χ1n) is 6.62. The topological polar surface area (TPSA) is 39.1 Å². The molecule has 0 radical (unpaired) electrons. The Balaban J connectivity index is 2.02. The van der Waals surface area contributed by atoms with Crippen molar-refractivity contribution < 1.29 is 4.74 Å². The highest BCUT2D eigenvalue weighted by molar-refractivity contribution is 5.46. The van der Waals surface area contributed by atoms with Gasteiger partial charge in [0.05, 0.1) is 12.9 Å². The van der Waals surface area contributed by atoms with Crippen molar-refractivity contribution in [2.24, 2.45) is 0 Å². The van der Waals surface area contributed by atoms with E-state index >= 15 is 0 Å². The van der Waals surface area contributed by atoms with Gasteiger partial charge in [-0.15, -0.1) is 0 Å². The van der Waals surface area contributed by atoms with E-state index in [0.717, 1.165) is 25.3 Å². The van der Waals surface area contributed by atoms with Crippen molar-refractivity contribution in [3.63, 3.8) is 0 Å². The largest absolute Gasteiger partial charge is 0.383 e. The maximum Gasteiger partial charge on any atom is 0.0949 e. The maximum absolute atomic E-state index is 5.21. The zero-order chi connectivity index (χ0) is 13.5. The third-order valence-electron chi connectivity index (χ3n) is 3.08. The van der Waals surface area contributed by atoms with Crippen LogP contribution in [0.5, 0.6) is 0 Å². The minimum atomic E-state index is 0.355. The lowest BCUT2D eigenvalue weighted by molar-refractivity contribution is 0.184. The molecule has 0 aliphatic heterocycles. The second-order valence-corrected chi connectivity index (χ2v) is 4.64. The van der Waals surface area contributed by atoms with Gasteiger partial charge in [0.15, 0.2) is 0 Å². The highest BCUT2D eigenvalue weighted by Gasteiger charge is 2.05. The SMILES string of the molecule is CCC(COC)Nc1cccc(Cn2ccnc2)c1. The fourth-order valence-electron chi connectivity index (χ4n) is 2.05. The summed E-state index contributed by atoms with van der Waals surface area (Å²) in [6.45, 7) is 3.73. The van der Waals surface area contributed by atoms with E-state index in [0.29, 0.717) is 6.04 Å². The molecule has 19 heavy (non-hydrogen) atoms. The number of hydrogen-bond donors (Lipinski definition) is 1. The van der Waals surface area contributed by atoms with Gasteiger partial charge in [0.2, 0.25) is 0 Å². The Kier molecular flexibility index (Phi) is 4.98. The van der Waals surface area contributed by atoms with E-state index in [-0.39, 0.29) is 0 Å². The Labute approximate surface area is 114 Å². The second kappa shape index (κ2) is 6.95. The van der Waals surface area contributed by atoms with Gasteiger partial charge < -0.3 is 14.6 Å². The molecule has 0 aliphatic carbocycles. The van der Waals surface area contributed by atoms with Crippen molar-refractivity contribution in [2.75, 3.05) is 19.0 Å². The zero-order valence-electron chi connectivity index (χ0n) is 11.5. The van der Waals surface area contributed by atoms with Gasteiger partial charge in [0.25, 0.3) is 0 Å². The van der Waals surface area contributed by atoms with E-state index in [1.807, 2.05) is 12.5 Å². The molecule has 0 amide bonds. The van der Waals surface area contributed by atoms with E-state index in [9.17, 15) is 0 Å². The fraction of sp³-hybridized carbons (Fsp3) is 0.400. The van der Waals surface area contributed by atoms with Crippen LogP contribution in [0.25, 0.3) is 0 Å². The van der Waals surface area contributed by atoms with Gasteiger partial charge >= 0.3 is 0 Å². The minimum absolute atomic E-state index is 0.355. The van der Waals surface area contributed by atoms with E-state index in [2.05, 4.69) is 46.1 Å². The summed E-state index contributed by atoms with van der Waals surface area (Å²) in [7, 11) is 1.74. The van der Waals surface area contributed by atoms with Crippen LogP contribution in [-0.4, -0.2) is 29.3 Å². The molecule has 0 bridgehead atoms. The van der Waals surface area contributed by atoms with Crippen molar-refractivity contribution in [1.29, 1.82) is 0 Å². The minimum Gasteiger partial charge on any atom is -0.383 e. The fourth-order valence-corrected chi connectivity index (χ4v) is 2.05. The van der Waals surface area contributed by atoms with Crippen molar-refractivity contribution in [3.05, 3.63) is 48.5 Å². The summed E-state index contributed by atoms with van der Waals surface area (Å²) in [5, 5.41) is 3.50. The van der Waals surface area contributed by atoms with Crippen molar-refractivity contribution in [2.45, 2.75) is 25.9 Å². The highest BCUT2D eigenvalue weighted by atomic mass is 16.5. The molecule has 102 valence electrons. The van der Waals surface area contributed by atoms with Crippen molar-refractivity contribution in [1.82, 2.24) is 9.55 Å². The molecule has 2 rings (SSSR count). The highest BCUT2D eigenvalue weighted by Crippen LogP contribution is 2.14. The van der Waals surface area contributed by atoms with Gasteiger partial charge in [-0.25, -0.2) is 4.98 Å². The first-order chi connectivity index (χ1) is 9.31. The number of anilines is 1. The van der Waals surface area contributed by atoms with Crippen molar-refractivity contribution >= 4 is 5.69 Å². The maximum atomic E-state index is 5.21. The van der Waals surface area contributed by atoms with Crippen LogP contribution in [0.2, 0.25) is 0 Å². The number of nitrogens with zero attached hydrogens (tertiary/aromatic N) is 2. The normalized spacial score (nSPS) is 12.3. The first kappa shape index (κ1) is 13.6. The van der Waals surface area contributed by atoms with Crippen molar-refractivity contribution in [3.8, 4) is 0 Å². The molecule has 0 aliphatic rings. The van der Waals surface area contributed by atoms with Crippen LogP contribution in [0.3, 0.4) is 0 Å². The Morgan fingerprint density at radius 2 is 2.32 bits per heavy atom. The van der Waals surface area contributed by atoms with Crippen LogP contribution in [0.4, 0.5) is 5.69 Å². The van der Waals surface area contributed by atoms with Crippen LogP contribution < -0.4 is 5.32 Å². The molecule has 0 saturated carbocycles. The molecular weight excluding hydrogens is 238 g/mol. The number of benzene rings is 1. The van der Waals surface area contributed by atoms with E-state index in [1.165, 1.54) is 5.56 Å². The van der Waals surface area contributed by atoms with Gasteiger partial charge in [0.1, 0.15) is 0 Å². The summed E-state index contributed by atoms with van der Waals surface area (Å²) in [6, 6.07) is 8.83. The third-order valence-corrected chi connectivity index (χ3v) is 3.08. The van der Waals surface area contributed by atoms with Crippen LogP contribution >= 0.6 is 0 Å². The van der Waals surface area contributed by atoms with Gasteiger partial charge in [-0.2, -0.15) is 0 Å². The van der Waals surface area contributed by atoms with Gasteiger partial charge in [-0.1, -0.05) is 19.1 Å². The lowest BCUT2D eigenvalue weighted by atomic mass is 10.1. The van der Waals surface area contributed by atoms with Crippen LogP contribution in [0.15, 0.2) is 43.0 Å². The Hall–Kier alpha value is -1.81. The monoisotopic (exact) mass is 259 g/mol. The predicted octanol–water partition coefficient (Wildman–Crippen LogP) is 2.77. The number of nitrogens with one attached hydrogen (secondary N) is 1. The lowest BCUT2D eigenvalue weighted by Crippen LogP contribution is -2.23. The Morgan fingerprint density at radius 3 is 3.00 bits per heavy atom. The molecular formula is C15H21N3O. The van der Waals surface area contributed by atoms with E-state index in [1.54, 1.807) is 13.3 Å². The lowest BCUT2D eigenvalue weighted by Gasteiger charge is -2.18. The quantitative estimate of drug-likeness (QED) is 0.831. The predicted molar refractivity (Wildman–Crippen MR) is 77.3 cm³/mol. The standard InChI is InChI=1S/C15H21N3O/c1-3-14(11-19-2)17-15-6-4-5-13(9-15)10-18-8-7-16-12-18/h4-9,12,14,17H,3,10-11H2,1-2H3. The smallest absolute Gasteiger partial charge is 0.0949 e. The van der Waals surface area contributed by atoms with Crippen LogP contribution in [0.1, 0.15) is 18.9 Å². The zero-order valence-corrected chi connectivity index (χ0v) is 11.5. The number of imidazole rings is 1. The van der Waals surface area contributed by atoms with Gasteiger partial charge in [0, 0.05) is 37.8 Å². The second-order valence-electron chi connectivity index (χ2n) is 4.64. The molecule has 0 spiro atoms. The molecule has 0 saturated heterocycles. The van der Waals surface area contributed by atoms with Gasteiger partial charge in [-0.3, -0.25) is 0 Å². The summed E-state index contributed by atoms with van der Waals surface area (Å²) in [5.74, 6) is 0.